The van der Waals surface area contributed by atoms with Crippen LogP contribution in [-0.2, 0) is 20.8 Å². The SMILES string of the molecule is O=C(c1ccccc1)c1ccc(C[C@H](NC(=O)[C@H]2CC[C@H](C(=O)O)CC2)C(=O)O)cc1. The molecule has 1 atom stereocenters. The molecule has 1 fully saturated rings. The Morgan fingerprint density at radius 2 is 1.35 bits per heavy atom. The van der Waals surface area contributed by atoms with Gasteiger partial charge in [-0.15, -0.1) is 0 Å². The first-order chi connectivity index (χ1) is 14.8. The van der Waals surface area contributed by atoms with E-state index in [1.165, 1.54) is 0 Å². The molecule has 1 aliphatic rings. The number of ketones is 1. The Morgan fingerprint density at radius 3 is 1.90 bits per heavy atom. The van der Waals surface area contributed by atoms with Crippen molar-refractivity contribution in [1.82, 2.24) is 5.32 Å². The Hall–Kier alpha value is -3.48. The number of hydrogen-bond donors (Lipinski definition) is 3. The van der Waals surface area contributed by atoms with E-state index < -0.39 is 23.9 Å². The molecule has 3 N–H and O–H groups in total. The molecule has 1 saturated carbocycles. The van der Waals surface area contributed by atoms with E-state index in [-0.39, 0.29) is 24.0 Å². The van der Waals surface area contributed by atoms with Crippen molar-refractivity contribution in [3.05, 3.63) is 71.3 Å². The highest BCUT2D eigenvalue weighted by Crippen LogP contribution is 2.29. The van der Waals surface area contributed by atoms with E-state index in [0.29, 0.717) is 42.4 Å². The fourth-order valence-corrected chi connectivity index (χ4v) is 3.88. The van der Waals surface area contributed by atoms with Gasteiger partial charge in [-0.05, 0) is 31.2 Å². The van der Waals surface area contributed by atoms with Gasteiger partial charge in [-0.1, -0.05) is 54.6 Å². The minimum Gasteiger partial charge on any atom is -0.481 e. The minimum absolute atomic E-state index is 0.0886. The first-order valence-corrected chi connectivity index (χ1v) is 10.3. The maximum absolute atomic E-state index is 12.5. The fourth-order valence-electron chi connectivity index (χ4n) is 3.88. The molecule has 0 unspecified atom stereocenters. The van der Waals surface area contributed by atoms with Crippen molar-refractivity contribution < 1.29 is 29.4 Å². The van der Waals surface area contributed by atoms with Gasteiger partial charge in [0.1, 0.15) is 6.04 Å². The molecule has 2 aromatic carbocycles. The fraction of sp³-hybridized carbons (Fsp3) is 0.333. The summed E-state index contributed by atoms with van der Waals surface area (Å²) in [6.45, 7) is 0. The highest BCUT2D eigenvalue weighted by atomic mass is 16.4. The summed E-state index contributed by atoms with van der Waals surface area (Å²) in [5, 5.41) is 21.2. The number of carboxylic acid groups (broad SMARTS) is 2. The second-order valence-corrected chi connectivity index (χ2v) is 7.88. The third-order valence-corrected chi connectivity index (χ3v) is 5.75. The molecule has 7 heteroatoms. The monoisotopic (exact) mass is 423 g/mol. The smallest absolute Gasteiger partial charge is 0.326 e. The molecular formula is C24H25NO6. The van der Waals surface area contributed by atoms with Crippen molar-refractivity contribution in [3.63, 3.8) is 0 Å². The predicted molar refractivity (Wildman–Crippen MR) is 113 cm³/mol. The number of hydrogen-bond acceptors (Lipinski definition) is 4. The van der Waals surface area contributed by atoms with Gasteiger partial charge in [0.2, 0.25) is 5.91 Å². The van der Waals surface area contributed by atoms with E-state index in [4.69, 9.17) is 5.11 Å². The maximum Gasteiger partial charge on any atom is 0.326 e. The van der Waals surface area contributed by atoms with Crippen LogP contribution in [0.2, 0.25) is 0 Å². The molecule has 1 amide bonds. The Balaban J connectivity index is 1.60. The third kappa shape index (κ3) is 5.78. The summed E-state index contributed by atoms with van der Waals surface area (Å²) in [6, 6.07) is 14.5. The average Bonchev–Trinajstić information content (AvgIpc) is 2.79. The zero-order chi connectivity index (χ0) is 22.4. The van der Waals surface area contributed by atoms with Gasteiger partial charge in [-0.25, -0.2) is 4.79 Å². The Morgan fingerprint density at radius 1 is 0.806 bits per heavy atom. The summed E-state index contributed by atoms with van der Waals surface area (Å²) in [7, 11) is 0. The summed E-state index contributed by atoms with van der Waals surface area (Å²) in [5.41, 5.74) is 1.76. The number of rotatable bonds is 8. The lowest BCUT2D eigenvalue weighted by Gasteiger charge is -2.26. The zero-order valence-electron chi connectivity index (χ0n) is 17.0. The topological polar surface area (TPSA) is 121 Å². The van der Waals surface area contributed by atoms with E-state index in [0.717, 1.165) is 0 Å². The molecule has 1 aliphatic carbocycles. The van der Waals surface area contributed by atoms with Crippen molar-refractivity contribution in [2.45, 2.75) is 38.1 Å². The molecule has 2 aromatic rings. The molecule has 7 nitrogen and oxygen atoms in total. The molecule has 0 spiro atoms. The molecule has 31 heavy (non-hydrogen) atoms. The van der Waals surface area contributed by atoms with Gasteiger partial charge in [0, 0.05) is 23.5 Å². The lowest BCUT2D eigenvalue weighted by atomic mass is 9.81. The van der Waals surface area contributed by atoms with E-state index >= 15 is 0 Å². The van der Waals surface area contributed by atoms with Gasteiger partial charge >= 0.3 is 11.9 Å². The van der Waals surface area contributed by atoms with Crippen molar-refractivity contribution in [2.24, 2.45) is 11.8 Å². The molecule has 0 aromatic heterocycles. The third-order valence-electron chi connectivity index (χ3n) is 5.75. The zero-order valence-corrected chi connectivity index (χ0v) is 17.0. The highest BCUT2D eigenvalue weighted by molar-refractivity contribution is 6.08. The van der Waals surface area contributed by atoms with Crippen LogP contribution in [0.1, 0.15) is 47.2 Å². The Kier molecular flexibility index (Phi) is 7.18. The quantitative estimate of drug-likeness (QED) is 0.562. The van der Waals surface area contributed by atoms with Crippen LogP contribution in [0.4, 0.5) is 0 Å². The second-order valence-electron chi connectivity index (χ2n) is 7.88. The molecule has 3 rings (SSSR count). The van der Waals surface area contributed by atoms with E-state index in [9.17, 15) is 24.3 Å². The second kappa shape index (κ2) is 10.0. The normalized spacial score (nSPS) is 19.2. The Bertz CT molecular complexity index is 946. The van der Waals surface area contributed by atoms with Crippen LogP contribution in [0.3, 0.4) is 0 Å². The maximum atomic E-state index is 12.5. The molecule has 0 heterocycles. The molecule has 0 radical (unpaired) electrons. The van der Waals surface area contributed by atoms with E-state index in [1.807, 2.05) is 6.07 Å². The molecule has 0 saturated heterocycles. The van der Waals surface area contributed by atoms with Crippen LogP contribution in [-0.4, -0.2) is 39.9 Å². The highest BCUT2D eigenvalue weighted by Gasteiger charge is 2.31. The number of carboxylic acids is 2. The standard InChI is InChI=1S/C24H25NO6/c26-21(16-4-2-1-3-5-16)17-8-6-15(7-9-17)14-20(24(30)31)25-22(27)18-10-12-19(13-11-18)23(28)29/h1-9,18-20H,10-14H2,(H,25,27)(H,28,29)(H,30,31)/t18-,19-,20-/m0/s1. The Labute approximate surface area is 180 Å². The van der Waals surface area contributed by atoms with Crippen LogP contribution in [0.15, 0.2) is 54.6 Å². The number of amides is 1. The molecule has 162 valence electrons. The van der Waals surface area contributed by atoms with Gasteiger partial charge < -0.3 is 15.5 Å². The number of nitrogens with one attached hydrogen (secondary N) is 1. The molecule has 0 aliphatic heterocycles. The van der Waals surface area contributed by atoms with Crippen molar-refractivity contribution in [2.75, 3.05) is 0 Å². The van der Waals surface area contributed by atoms with E-state index in [1.54, 1.807) is 48.5 Å². The van der Waals surface area contributed by atoms with Gasteiger partial charge in [0.05, 0.1) is 5.92 Å². The lowest BCUT2D eigenvalue weighted by Crippen LogP contribution is -2.45. The van der Waals surface area contributed by atoms with Gasteiger partial charge in [-0.2, -0.15) is 0 Å². The summed E-state index contributed by atoms with van der Waals surface area (Å²) in [4.78, 5) is 47.7. The summed E-state index contributed by atoms with van der Waals surface area (Å²) < 4.78 is 0. The van der Waals surface area contributed by atoms with Crippen LogP contribution in [0.25, 0.3) is 0 Å². The number of aliphatic carboxylic acids is 2. The largest absolute Gasteiger partial charge is 0.481 e. The van der Waals surface area contributed by atoms with E-state index in [2.05, 4.69) is 5.32 Å². The first-order valence-electron chi connectivity index (χ1n) is 10.3. The van der Waals surface area contributed by atoms with Gasteiger partial charge in [0.15, 0.2) is 5.78 Å². The average molecular weight is 423 g/mol. The first kappa shape index (κ1) is 22.2. The predicted octanol–water partition coefficient (Wildman–Crippen LogP) is 2.92. The van der Waals surface area contributed by atoms with Crippen LogP contribution < -0.4 is 5.32 Å². The minimum atomic E-state index is -1.14. The summed E-state index contributed by atoms with van der Waals surface area (Å²) in [6.07, 6.45) is 1.80. The van der Waals surface area contributed by atoms with Gasteiger partial charge in [0.25, 0.3) is 0 Å². The summed E-state index contributed by atoms with van der Waals surface area (Å²) >= 11 is 0. The van der Waals surface area contributed by atoms with Gasteiger partial charge in [-0.3, -0.25) is 14.4 Å². The van der Waals surface area contributed by atoms with Crippen LogP contribution in [0.5, 0.6) is 0 Å². The number of carbonyl (C=O) groups excluding carboxylic acids is 2. The van der Waals surface area contributed by atoms with Crippen LogP contribution >= 0.6 is 0 Å². The van der Waals surface area contributed by atoms with Crippen molar-refractivity contribution in [1.29, 1.82) is 0 Å². The molecule has 0 bridgehead atoms. The number of benzene rings is 2. The number of carbonyl (C=O) groups is 4. The lowest BCUT2D eigenvalue weighted by molar-refractivity contribution is -0.144. The van der Waals surface area contributed by atoms with Crippen molar-refractivity contribution in [3.8, 4) is 0 Å². The molecular weight excluding hydrogens is 398 g/mol. The van der Waals surface area contributed by atoms with Crippen molar-refractivity contribution >= 4 is 23.6 Å². The van der Waals surface area contributed by atoms with Crippen LogP contribution in [0, 0.1) is 11.8 Å². The summed E-state index contributed by atoms with van der Waals surface area (Å²) in [5.74, 6) is -3.27.